The molecule has 2 heterocycles. The molecule has 2 aromatic carbocycles. The number of hydrogen-bond acceptors (Lipinski definition) is 6. The van der Waals surface area contributed by atoms with Crippen molar-refractivity contribution in [2.45, 2.75) is 30.1 Å². The van der Waals surface area contributed by atoms with Crippen LogP contribution in [0.25, 0.3) is 0 Å². The molecule has 160 valence electrons. The fourth-order valence-electron chi connectivity index (χ4n) is 3.61. The van der Waals surface area contributed by atoms with Crippen molar-refractivity contribution in [1.29, 1.82) is 0 Å². The fraction of sp³-hybridized carbons (Fsp3) is 0.190. The number of rotatable bonds is 5. The van der Waals surface area contributed by atoms with E-state index in [2.05, 4.69) is 5.32 Å². The predicted octanol–water partition coefficient (Wildman–Crippen LogP) is 3.72. The van der Waals surface area contributed by atoms with Crippen LogP contribution in [0.2, 0.25) is 0 Å². The quantitative estimate of drug-likeness (QED) is 0.464. The van der Waals surface area contributed by atoms with Gasteiger partial charge in [0.2, 0.25) is 5.91 Å². The molecule has 1 aromatic heterocycles. The molecule has 4 rings (SSSR count). The number of anilines is 1. The molecular formula is C21H19N3O5S2. The van der Waals surface area contributed by atoms with Gasteiger partial charge in [-0.3, -0.25) is 14.9 Å². The SMILES string of the molecule is Cc1ccc(NC(=O)C2Cc3ccccc3CN2S(=O)(=O)c2cccs2)cc1[N+](=O)[O-]. The summed E-state index contributed by atoms with van der Waals surface area (Å²) in [5.74, 6) is -0.534. The minimum atomic E-state index is -3.89. The highest BCUT2D eigenvalue weighted by atomic mass is 32.2. The van der Waals surface area contributed by atoms with Crippen molar-refractivity contribution in [2.75, 3.05) is 5.32 Å². The van der Waals surface area contributed by atoms with Crippen LogP contribution in [0, 0.1) is 17.0 Å². The summed E-state index contributed by atoms with van der Waals surface area (Å²) in [5, 5.41) is 15.6. The van der Waals surface area contributed by atoms with E-state index in [-0.39, 0.29) is 28.5 Å². The lowest BCUT2D eigenvalue weighted by Gasteiger charge is -2.34. The van der Waals surface area contributed by atoms with Gasteiger partial charge in [0.15, 0.2) is 0 Å². The summed E-state index contributed by atoms with van der Waals surface area (Å²) in [6, 6.07) is 14.0. The van der Waals surface area contributed by atoms with Crippen LogP contribution >= 0.6 is 11.3 Å². The molecule has 0 bridgehead atoms. The summed E-state index contributed by atoms with van der Waals surface area (Å²) in [7, 11) is -3.89. The van der Waals surface area contributed by atoms with Crippen LogP contribution in [0.3, 0.4) is 0 Å². The standard InChI is InChI=1S/C21H19N3O5S2/c1-14-8-9-17(12-18(14)24(26)27)22-21(25)19-11-15-5-2-3-6-16(15)13-23(19)31(28,29)20-7-4-10-30-20/h2-10,12,19H,11,13H2,1H3,(H,22,25). The molecule has 10 heteroatoms. The zero-order valence-electron chi connectivity index (χ0n) is 16.5. The number of nitrogens with zero attached hydrogens (tertiary/aromatic N) is 2. The summed E-state index contributed by atoms with van der Waals surface area (Å²) >= 11 is 1.09. The maximum atomic E-state index is 13.3. The largest absolute Gasteiger partial charge is 0.324 e. The predicted molar refractivity (Wildman–Crippen MR) is 117 cm³/mol. The Labute approximate surface area is 183 Å². The van der Waals surface area contributed by atoms with Gasteiger partial charge in [-0.25, -0.2) is 8.42 Å². The van der Waals surface area contributed by atoms with Gasteiger partial charge in [0.1, 0.15) is 10.3 Å². The van der Waals surface area contributed by atoms with E-state index in [1.807, 2.05) is 24.3 Å². The summed E-state index contributed by atoms with van der Waals surface area (Å²) < 4.78 is 27.9. The summed E-state index contributed by atoms with van der Waals surface area (Å²) in [6.45, 7) is 1.68. The number of amides is 1. The van der Waals surface area contributed by atoms with Gasteiger partial charge >= 0.3 is 0 Å². The number of hydrogen-bond donors (Lipinski definition) is 1. The topological polar surface area (TPSA) is 110 Å². The van der Waals surface area contributed by atoms with E-state index in [0.29, 0.717) is 5.56 Å². The number of benzene rings is 2. The lowest BCUT2D eigenvalue weighted by atomic mass is 9.95. The third-order valence-electron chi connectivity index (χ3n) is 5.24. The van der Waals surface area contributed by atoms with Crippen LogP contribution in [-0.2, 0) is 27.8 Å². The Morgan fingerprint density at radius 1 is 1.16 bits per heavy atom. The van der Waals surface area contributed by atoms with Crippen LogP contribution in [0.4, 0.5) is 11.4 Å². The normalized spacial score (nSPS) is 16.5. The van der Waals surface area contributed by atoms with Gasteiger partial charge in [0.25, 0.3) is 15.7 Å². The minimum Gasteiger partial charge on any atom is -0.324 e. The number of nitro groups is 1. The Morgan fingerprint density at radius 3 is 2.58 bits per heavy atom. The summed E-state index contributed by atoms with van der Waals surface area (Å²) in [4.78, 5) is 23.9. The first-order valence-corrected chi connectivity index (χ1v) is 11.8. The van der Waals surface area contributed by atoms with Gasteiger partial charge in [0, 0.05) is 23.9 Å². The van der Waals surface area contributed by atoms with E-state index in [9.17, 15) is 23.3 Å². The van der Waals surface area contributed by atoms with Crippen LogP contribution < -0.4 is 5.32 Å². The average molecular weight is 458 g/mol. The van der Waals surface area contributed by atoms with Gasteiger partial charge < -0.3 is 5.32 Å². The van der Waals surface area contributed by atoms with Gasteiger partial charge in [0.05, 0.1) is 4.92 Å². The van der Waals surface area contributed by atoms with E-state index in [1.165, 1.54) is 16.4 Å². The van der Waals surface area contributed by atoms with Gasteiger partial charge in [-0.15, -0.1) is 11.3 Å². The van der Waals surface area contributed by atoms with E-state index >= 15 is 0 Å². The summed E-state index contributed by atoms with van der Waals surface area (Å²) in [5.41, 5.74) is 2.34. The Morgan fingerprint density at radius 2 is 1.90 bits per heavy atom. The van der Waals surface area contributed by atoms with E-state index < -0.39 is 26.9 Å². The lowest BCUT2D eigenvalue weighted by Crippen LogP contribution is -2.50. The first-order chi connectivity index (χ1) is 14.8. The molecule has 0 radical (unpaired) electrons. The Kier molecular flexibility index (Phi) is 5.61. The molecule has 1 aliphatic heterocycles. The first-order valence-electron chi connectivity index (χ1n) is 9.45. The Bertz CT molecular complexity index is 1260. The Balaban J connectivity index is 1.69. The smallest absolute Gasteiger partial charge is 0.274 e. The number of aryl methyl sites for hydroxylation is 1. The number of thiophene rings is 1. The van der Waals surface area contributed by atoms with Crippen LogP contribution in [-0.4, -0.2) is 29.6 Å². The molecule has 0 spiro atoms. The van der Waals surface area contributed by atoms with Gasteiger partial charge in [-0.1, -0.05) is 36.4 Å². The van der Waals surface area contributed by atoms with Crippen LogP contribution in [0.1, 0.15) is 16.7 Å². The molecule has 8 nitrogen and oxygen atoms in total. The van der Waals surface area contributed by atoms with Crippen molar-refractivity contribution in [2.24, 2.45) is 0 Å². The van der Waals surface area contributed by atoms with Crippen molar-refractivity contribution in [3.05, 3.63) is 86.8 Å². The van der Waals surface area contributed by atoms with Crippen LogP contribution in [0.5, 0.6) is 0 Å². The lowest BCUT2D eigenvalue weighted by molar-refractivity contribution is -0.385. The number of carbonyl (C=O) groups is 1. The number of sulfonamides is 1. The molecule has 3 aromatic rings. The molecule has 1 unspecified atom stereocenters. The highest BCUT2D eigenvalue weighted by Gasteiger charge is 2.40. The molecule has 1 aliphatic rings. The fourth-order valence-corrected chi connectivity index (χ4v) is 6.29. The molecular weight excluding hydrogens is 438 g/mol. The molecule has 1 amide bonds. The van der Waals surface area contributed by atoms with Crippen molar-refractivity contribution < 1.29 is 18.1 Å². The Hall–Kier alpha value is -3.08. The minimum absolute atomic E-state index is 0.0720. The average Bonchev–Trinajstić information content (AvgIpc) is 3.30. The first kappa shape index (κ1) is 21.2. The van der Waals surface area contributed by atoms with Crippen LogP contribution in [0.15, 0.2) is 64.2 Å². The maximum absolute atomic E-state index is 13.3. The highest BCUT2D eigenvalue weighted by Crippen LogP contribution is 2.32. The molecule has 0 fully saturated rings. The second-order valence-electron chi connectivity index (χ2n) is 7.22. The van der Waals surface area contributed by atoms with Crippen molar-refractivity contribution in [1.82, 2.24) is 4.31 Å². The number of nitro benzene ring substituents is 1. The number of nitrogens with one attached hydrogen (secondary N) is 1. The number of fused-ring (bicyclic) bond motifs is 1. The molecule has 0 aliphatic carbocycles. The summed E-state index contributed by atoms with van der Waals surface area (Å²) in [6.07, 6.45) is 0.209. The second-order valence-corrected chi connectivity index (χ2v) is 10.3. The van der Waals surface area contributed by atoms with Crippen molar-refractivity contribution in [3.63, 3.8) is 0 Å². The van der Waals surface area contributed by atoms with Gasteiger partial charge in [-0.2, -0.15) is 4.31 Å². The third kappa shape index (κ3) is 4.09. The molecule has 31 heavy (non-hydrogen) atoms. The third-order valence-corrected chi connectivity index (χ3v) is 8.47. The van der Waals surface area contributed by atoms with E-state index in [4.69, 9.17) is 0 Å². The van der Waals surface area contributed by atoms with Crippen molar-refractivity contribution in [3.8, 4) is 0 Å². The second kappa shape index (κ2) is 8.22. The molecule has 0 saturated heterocycles. The number of carbonyl (C=O) groups excluding carboxylic acids is 1. The zero-order chi connectivity index (χ0) is 22.2. The monoisotopic (exact) mass is 457 g/mol. The molecule has 0 saturated carbocycles. The zero-order valence-corrected chi connectivity index (χ0v) is 18.2. The maximum Gasteiger partial charge on any atom is 0.274 e. The van der Waals surface area contributed by atoms with Gasteiger partial charge in [-0.05, 0) is 42.0 Å². The van der Waals surface area contributed by atoms with Crippen molar-refractivity contribution >= 4 is 38.6 Å². The highest BCUT2D eigenvalue weighted by molar-refractivity contribution is 7.91. The van der Waals surface area contributed by atoms with E-state index in [0.717, 1.165) is 22.5 Å². The molecule has 1 atom stereocenters. The van der Waals surface area contributed by atoms with E-state index in [1.54, 1.807) is 30.5 Å². The molecule has 1 N–H and O–H groups in total.